The first-order valence-electron chi connectivity index (χ1n) is 6.99. The van der Waals surface area contributed by atoms with Crippen LogP contribution in [0.1, 0.15) is 24.0 Å². The molecule has 0 saturated carbocycles. The van der Waals surface area contributed by atoms with Gasteiger partial charge in [0.2, 0.25) is 0 Å². The van der Waals surface area contributed by atoms with Crippen molar-refractivity contribution < 1.29 is 4.74 Å². The third-order valence-electron chi connectivity index (χ3n) is 4.11. The second-order valence-corrected chi connectivity index (χ2v) is 5.32. The topological polar surface area (TPSA) is 59.0 Å². The summed E-state index contributed by atoms with van der Waals surface area (Å²) < 4.78 is 7.60. The van der Waals surface area contributed by atoms with Gasteiger partial charge in [-0.2, -0.15) is 0 Å². The van der Waals surface area contributed by atoms with Gasteiger partial charge in [0.05, 0.1) is 18.5 Å². The van der Waals surface area contributed by atoms with Gasteiger partial charge in [0.25, 0.3) is 0 Å². The fraction of sp³-hybridized carbons (Fsp3) is 0.571. The van der Waals surface area contributed by atoms with Crippen LogP contribution in [0.4, 0.5) is 0 Å². The first-order chi connectivity index (χ1) is 9.78. The van der Waals surface area contributed by atoms with Gasteiger partial charge in [-0.05, 0) is 6.42 Å². The molecule has 6 nitrogen and oxygen atoms in total. The summed E-state index contributed by atoms with van der Waals surface area (Å²) in [5.74, 6) is 1.04. The molecule has 0 radical (unpaired) electrons. The van der Waals surface area contributed by atoms with Crippen molar-refractivity contribution in [3.63, 3.8) is 0 Å². The van der Waals surface area contributed by atoms with Crippen LogP contribution in [0, 0.1) is 0 Å². The number of imidazole rings is 2. The Balaban J connectivity index is 1.68. The highest BCUT2D eigenvalue weighted by Crippen LogP contribution is 2.31. The van der Waals surface area contributed by atoms with Crippen LogP contribution in [0.25, 0.3) is 0 Å². The molecule has 0 amide bonds. The molecule has 1 N–H and O–H groups in total. The zero-order valence-electron chi connectivity index (χ0n) is 12.0. The lowest BCUT2D eigenvalue weighted by atomic mass is 10.2. The maximum atomic E-state index is 5.53. The summed E-state index contributed by atoms with van der Waals surface area (Å²) >= 11 is 0. The molecule has 1 aliphatic rings. The summed E-state index contributed by atoms with van der Waals surface area (Å²) in [7, 11) is 3.82. The number of nitrogens with zero attached hydrogens (tertiary/aromatic N) is 4. The van der Waals surface area contributed by atoms with Crippen molar-refractivity contribution in [3.05, 3.63) is 36.4 Å². The van der Waals surface area contributed by atoms with Crippen molar-refractivity contribution in [3.8, 4) is 0 Å². The number of nitrogens with one attached hydrogen (secondary N) is 1. The van der Waals surface area contributed by atoms with Gasteiger partial charge in [-0.1, -0.05) is 0 Å². The molecular weight excluding hydrogens is 254 g/mol. The van der Waals surface area contributed by atoms with E-state index in [4.69, 9.17) is 4.74 Å². The average Bonchev–Trinajstić information content (AvgIpc) is 3.16. The lowest BCUT2D eigenvalue weighted by Crippen LogP contribution is -2.28. The van der Waals surface area contributed by atoms with E-state index in [1.807, 2.05) is 32.0 Å². The Morgan fingerprint density at radius 2 is 2.40 bits per heavy atom. The summed E-state index contributed by atoms with van der Waals surface area (Å²) in [6, 6.07) is 0.322. The molecular formula is C14H21N5O. The number of methoxy groups -OCH3 is 1. The number of ether oxygens (including phenoxy) is 1. The minimum atomic E-state index is 0.289. The van der Waals surface area contributed by atoms with E-state index in [1.54, 1.807) is 7.11 Å². The molecule has 6 heteroatoms. The molecule has 1 saturated heterocycles. The minimum Gasteiger partial charge on any atom is -0.380 e. The first-order valence-corrected chi connectivity index (χ1v) is 6.99. The molecule has 0 bridgehead atoms. The average molecular weight is 275 g/mol. The molecule has 2 aromatic rings. The van der Waals surface area contributed by atoms with Gasteiger partial charge in [-0.15, -0.1) is 0 Å². The van der Waals surface area contributed by atoms with Crippen LogP contribution in [0.2, 0.25) is 0 Å². The summed E-state index contributed by atoms with van der Waals surface area (Å²) in [6.45, 7) is 1.95. The maximum absolute atomic E-state index is 5.53. The largest absolute Gasteiger partial charge is 0.380 e. The van der Waals surface area contributed by atoms with Crippen molar-refractivity contribution in [1.82, 2.24) is 24.4 Å². The van der Waals surface area contributed by atoms with E-state index in [0.29, 0.717) is 6.04 Å². The SMILES string of the molecule is CO[C@@H]1CC(c2ncc[nH]2)N(CCc2cncn2C)C1. The van der Waals surface area contributed by atoms with Gasteiger partial charge in [0.1, 0.15) is 5.82 Å². The van der Waals surface area contributed by atoms with E-state index in [2.05, 4.69) is 24.4 Å². The van der Waals surface area contributed by atoms with Gasteiger partial charge in [-0.3, -0.25) is 4.90 Å². The van der Waals surface area contributed by atoms with Gasteiger partial charge < -0.3 is 14.3 Å². The van der Waals surface area contributed by atoms with Gasteiger partial charge in [-0.25, -0.2) is 9.97 Å². The standard InChI is InChI=1S/C14H21N5O/c1-18-10-15-8-11(18)3-6-19-9-12(20-2)7-13(19)14-16-4-5-17-14/h4-5,8,10,12-13H,3,6-7,9H2,1-2H3,(H,16,17)/t12-,13?/m1/s1. The predicted molar refractivity (Wildman–Crippen MR) is 75.2 cm³/mol. The minimum absolute atomic E-state index is 0.289. The first kappa shape index (κ1) is 13.3. The Labute approximate surface area is 118 Å². The number of hydrogen-bond donors (Lipinski definition) is 1. The summed E-state index contributed by atoms with van der Waals surface area (Å²) in [5.41, 5.74) is 1.25. The van der Waals surface area contributed by atoms with E-state index >= 15 is 0 Å². The lowest BCUT2D eigenvalue weighted by Gasteiger charge is -2.22. The van der Waals surface area contributed by atoms with E-state index in [1.165, 1.54) is 5.69 Å². The number of H-pyrrole nitrogens is 1. The molecule has 0 aliphatic carbocycles. The number of aryl methyl sites for hydroxylation is 1. The smallest absolute Gasteiger partial charge is 0.123 e. The third kappa shape index (κ3) is 2.62. The van der Waals surface area contributed by atoms with Crippen LogP contribution < -0.4 is 0 Å². The molecule has 1 aliphatic heterocycles. The van der Waals surface area contributed by atoms with Crippen LogP contribution in [-0.4, -0.2) is 50.7 Å². The Hall–Kier alpha value is -1.66. The highest BCUT2D eigenvalue weighted by atomic mass is 16.5. The molecule has 0 aromatic carbocycles. The van der Waals surface area contributed by atoms with Crippen LogP contribution >= 0.6 is 0 Å². The lowest BCUT2D eigenvalue weighted by molar-refractivity contribution is 0.108. The number of aromatic nitrogens is 4. The van der Waals surface area contributed by atoms with Gasteiger partial charge in [0.15, 0.2) is 0 Å². The van der Waals surface area contributed by atoms with Crippen molar-refractivity contribution in [2.45, 2.75) is 25.0 Å². The second-order valence-electron chi connectivity index (χ2n) is 5.32. The van der Waals surface area contributed by atoms with Crippen LogP contribution in [0.5, 0.6) is 0 Å². The highest BCUT2D eigenvalue weighted by Gasteiger charge is 2.34. The maximum Gasteiger partial charge on any atom is 0.123 e. The molecule has 1 unspecified atom stereocenters. The predicted octanol–water partition coefficient (Wildman–Crippen LogP) is 1.15. The highest BCUT2D eigenvalue weighted by molar-refractivity contribution is 5.04. The normalized spacial score (nSPS) is 23.5. The molecule has 20 heavy (non-hydrogen) atoms. The van der Waals surface area contributed by atoms with Crippen LogP contribution in [-0.2, 0) is 18.2 Å². The second kappa shape index (κ2) is 5.76. The van der Waals surface area contributed by atoms with Crippen LogP contribution in [0.3, 0.4) is 0 Å². The van der Waals surface area contributed by atoms with Gasteiger partial charge in [0, 0.05) is 58.0 Å². The Morgan fingerprint density at radius 1 is 1.50 bits per heavy atom. The molecule has 2 atom stereocenters. The Kier molecular flexibility index (Phi) is 3.84. The van der Waals surface area contributed by atoms with Crippen molar-refractivity contribution in [2.75, 3.05) is 20.2 Å². The molecule has 3 rings (SSSR count). The molecule has 3 heterocycles. The monoisotopic (exact) mass is 275 g/mol. The van der Waals surface area contributed by atoms with E-state index < -0.39 is 0 Å². The summed E-state index contributed by atoms with van der Waals surface area (Å²) in [5, 5.41) is 0. The Morgan fingerprint density at radius 3 is 3.05 bits per heavy atom. The molecule has 2 aromatic heterocycles. The zero-order valence-corrected chi connectivity index (χ0v) is 12.0. The molecule has 0 spiro atoms. The molecule has 108 valence electrons. The number of likely N-dealkylation sites (tertiary alicyclic amines) is 1. The quantitative estimate of drug-likeness (QED) is 0.889. The van der Waals surface area contributed by atoms with Crippen LogP contribution in [0.15, 0.2) is 24.9 Å². The van der Waals surface area contributed by atoms with Crippen molar-refractivity contribution in [2.24, 2.45) is 7.05 Å². The van der Waals surface area contributed by atoms with E-state index in [0.717, 1.165) is 31.8 Å². The summed E-state index contributed by atoms with van der Waals surface area (Å²) in [6.07, 6.45) is 9.76. The van der Waals surface area contributed by atoms with E-state index in [-0.39, 0.29) is 6.10 Å². The third-order valence-corrected chi connectivity index (χ3v) is 4.11. The summed E-state index contributed by atoms with van der Waals surface area (Å²) in [4.78, 5) is 14.3. The fourth-order valence-electron chi connectivity index (χ4n) is 2.91. The zero-order chi connectivity index (χ0) is 13.9. The number of rotatable bonds is 5. The van der Waals surface area contributed by atoms with E-state index in [9.17, 15) is 0 Å². The van der Waals surface area contributed by atoms with Gasteiger partial charge >= 0.3 is 0 Å². The Bertz CT molecular complexity index is 536. The van der Waals surface area contributed by atoms with Crippen molar-refractivity contribution in [1.29, 1.82) is 0 Å². The number of hydrogen-bond acceptors (Lipinski definition) is 4. The van der Waals surface area contributed by atoms with Crippen molar-refractivity contribution >= 4 is 0 Å². The fourth-order valence-corrected chi connectivity index (χ4v) is 2.91. The number of aromatic amines is 1. The molecule has 1 fully saturated rings.